The Morgan fingerprint density at radius 3 is 2.59 bits per heavy atom. The Hall–Kier alpha value is -2.87. The molecule has 5 nitrogen and oxygen atoms in total. The van der Waals surface area contributed by atoms with Crippen molar-refractivity contribution in [3.05, 3.63) is 65.4 Å². The molecule has 3 rings (SSSR count). The average molecular weight is 389 g/mol. The van der Waals surface area contributed by atoms with Crippen LogP contribution in [0, 0.1) is 18.6 Å². The monoisotopic (exact) mass is 389 g/mol. The van der Waals surface area contributed by atoms with Crippen molar-refractivity contribution in [3.8, 4) is 16.9 Å². The van der Waals surface area contributed by atoms with Gasteiger partial charge in [0.1, 0.15) is 5.69 Å². The molecule has 0 radical (unpaired) electrons. The molecule has 1 N–H and O–H groups in total. The SMILES string of the molecule is COC(=O)NCc1cc(-c2ccn(-c3c(F)cc(S)cc3F)n2)ccc1C. The third-order valence-electron chi connectivity index (χ3n) is 4.07. The molecule has 3 aromatic rings. The summed E-state index contributed by atoms with van der Waals surface area (Å²) in [5.41, 5.74) is 2.90. The van der Waals surface area contributed by atoms with Gasteiger partial charge >= 0.3 is 6.09 Å². The molecule has 0 unspecified atom stereocenters. The fourth-order valence-corrected chi connectivity index (χ4v) is 2.86. The first-order valence-electron chi connectivity index (χ1n) is 8.05. The number of thiol groups is 1. The molecule has 2 aromatic carbocycles. The number of carbonyl (C=O) groups is 1. The first-order chi connectivity index (χ1) is 12.9. The molecule has 0 fully saturated rings. The third kappa shape index (κ3) is 4.11. The summed E-state index contributed by atoms with van der Waals surface area (Å²) in [6.45, 7) is 2.21. The van der Waals surface area contributed by atoms with E-state index in [1.165, 1.54) is 13.3 Å². The Balaban J connectivity index is 1.92. The van der Waals surface area contributed by atoms with Crippen molar-refractivity contribution in [1.29, 1.82) is 0 Å². The zero-order valence-corrected chi connectivity index (χ0v) is 15.6. The minimum absolute atomic E-state index is 0.197. The van der Waals surface area contributed by atoms with E-state index in [-0.39, 0.29) is 10.6 Å². The van der Waals surface area contributed by atoms with Crippen LogP contribution >= 0.6 is 12.6 Å². The Morgan fingerprint density at radius 1 is 1.22 bits per heavy atom. The van der Waals surface area contributed by atoms with Crippen LogP contribution in [0.2, 0.25) is 0 Å². The van der Waals surface area contributed by atoms with E-state index >= 15 is 0 Å². The van der Waals surface area contributed by atoms with Crippen molar-refractivity contribution < 1.29 is 18.3 Å². The third-order valence-corrected chi connectivity index (χ3v) is 4.33. The van der Waals surface area contributed by atoms with Gasteiger partial charge in [0, 0.05) is 23.2 Å². The maximum Gasteiger partial charge on any atom is 0.407 e. The minimum atomic E-state index is -0.749. The maximum atomic E-state index is 14.1. The number of carbonyl (C=O) groups excluding carboxylic acids is 1. The van der Waals surface area contributed by atoms with Gasteiger partial charge in [-0.25, -0.2) is 18.3 Å². The summed E-state index contributed by atoms with van der Waals surface area (Å²) in [7, 11) is 1.30. The first-order valence-corrected chi connectivity index (χ1v) is 8.49. The van der Waals surface area contributed by atoms with Gasteiger partial charge in [0.25, 0.3) is 0 Å². The Labute approximate surface area is 160 Å². The topological polar surface area (TPSA) is 56.1 Å². The van der Waals surface area contributed by atoms with Gasteiger partial charge in [-0.05, 0) is 42.3 Å². The lowest BCUT2D eigenvalue weighted by Crippen LogP contribution is -2.22. The van der Waals surface area contributed by atoms with Gasteiger partial charge in [-0.3, -0.25) is 0 Å². The van der Waals surface area contributed by atoms with Gasteiger partial charge in [0.15, 0.2) is 11.6 Å². The summed E-state index contributed by atoms with van der Waals surface area (Å²) in [6.07, 6.45) is 0.962. The number of alkyl carbamates (subject to hydrolysis) is 1. The zero-order chi connectivity index (χ0) is 19.6. The molecule has 8 heteroatoms. The number of ether oxygens (including phenoxy) is 1. The first kappa shape index (κ1) is 18.9. The summed E-state index contributed by atoms with van der Waals surface area (Å²) in [4.78, 5) is 11.5. The number of nitrogens with one attached hydrogen (secondary N) is 1. The van der Waals surface area contributed by atoms with Crippen molar-refractivity contribution in [2.24, 2.45) is 0 Å². The number of halogens is 2. The van der Waals surface area contributed by atoms with Crippen LogP contribution in [0.4, 0.5) is 13.6 Å². The van der Waals surface area contributed by atoms with Crippen LogP contribution in [-0.4, -0.2) is 23.0 Å². The fourth-order valence-electron chi connectivity index (χ4n) is 2.63. The molecule has 27 heavy (non-hydrogen) atoms. The minimum Gasteiger partial charge on any atom is -0.453 e. The Morgan fingerprint density at radius 2 is 1.93 bits per heavy atom. The van der Waals surface area contributed by atoms with Gasteiger partial charge in [0.2, 0.25) is 0 Å². The number of nitrogens with zero attached hydrogens (tertiary/aromatic N) is 2. The number of hydrogen-bond acceptors (Lipinski definition) is 4. The van der Waals surface area contributed by atoms with E-state index in [0.29, 0.717) is 12.2 Å². The molecular formula is C19H17F2N3O2S. The van der Waals surface area contributed by atoms with Crippen LogP contribution in [0.1, 0.15) is 11.1 Å². The summed E-state index contributed by atoms with van der Waals surface area (Å²) >= 11 is 3.96. The van der Waals surface area contributed by atoms with Gasteiger partial charge in [0.05, 0.1) is 12.8 Å². The van der Waals surface area contributed by atoms with Crippen molar-refractivity contribution in [2.75, 3.05) is 7.11 Å². The molecule has 0 atom stereocenters. The molecule has 0 saturated heterocycles. The zero-order valence-electron chi connectivity index (χ0n) is 14.7. The smallest absolute Gasteiger partial charge is 0.407 e. The van der Waals surface area contributed by atoms with Crippen molar-refractivity contribution in [3.63, 3.8) is 0 Å². The van der Waals surface area contributed by atoms with E-state index in [4.69, 9.17) is 0 Å². The van der Waals surface area contributed by atoms with Gasteiger partial charge in [-0.15, -0.1) is 12.6 Å². The highest BCUT2D eigenvalue weighted by atomic mass is 32.1. The highest BCUT2D eigenvalue weighted by Crippen LogP contribution is 2.25. The molecule has 140 valence electrons. The summed E-state index contributed by atoms with van der Waals surface area (Å²) in [5.74, 6) is -1.50. The van der Waals surface area contributed by atoms with Gasteiger partial charge in [-0.1, -0.05) is 12.1 Å². The molecule has 0 saturated carbocycles. The number of hydrogen-bond donors (Lipinski definition) is 2. The highest BCUT2D eigenvalue weighted by molar-refractivity contribution is 7.80. The second-order valence-electron chi connectivity index (χ2n) is 5.89. The van der Waals surface area contributed by atoms with E-state index < -0.39 is 17.7 Å². The molecule has 0 aliphatic heterocycles. The lowest BCUT2D eigenvalue weighted by molar-refractivity contribution is 0.170. The van der Waals surface area contributed by atoms with E-state index in [9.17, 15) is 13.6 Å². The fraction of sp³-hybridized carbons (Fsp3) is 0.158. The van der Waals surface area contributed by atoms with Crippen molar-refractivity contribution in [1.82, 2.24) is 15.1 Å². The standard InChI is InChI=1S/C19H17F2N3O2S/c1-11-3-4-12(7-13(11)10-22-19(25)26-2)17-5-6-24(23-17)18-15(20)8-14(27)9-16(18)21/h3-9,27H,10H2,1-2H3,(H,22,25). The van der Waals surface area contributed by atoms with Crippen LogP contribution in [0.5, 0.6) is 0 Å². The Kier molecular flexibility index (Phi) is 5.46. The lowest BCUT2D eigenvalue weighted by Gasteiger charge is -2.09. The largest absolute Gasteiger partial charge is 0.453 e. The molecule has 1 aromatic heterocycles. The summed E-state index contributed by atoms with van der Waals surface area (Å²) < 4.78 is 34.0. The molecular weight excluding hydrogens is 372 g/mol. The predicted octanol–water partition coefficient (Wildman–Crippen LogP) is 4.27. The normalized spacial score (nSPS) is 10.7. The van der Waals surface area contributed by atoms with Crippen molar-refractivity contribution in [2.45, 2.75) is 18.4 Å². The maximum absolute atomic E-state index is 14.1. The van der Waals surface area contributed by atoms with Crippen LogP contribution in [0.3, 0.4) is 0 Å². The van der Waals surface area contributed by atoms with Crippen LogP contribution in [0.25, 0.3) is 16.9 Å². The van der Waals surface area contributed by atoms with Crippen LogP contribution in [0.15, 0.2) is 47.5 Å². The summed E-state index contributed by atoms with van der Waals surface area (Å²) in [5, 5.41) is 6.91. The number of amides is 1. The van der Waals surface area contributed by atoms with Gasteiger partial charge in [-0.2, -0.15) is 5.10 Å². The van der Waals surface area contributed by atoms with Crippen LogP contribution < -0.4 is 5.32 Å². The van der Waals surface area contributed by atoms with E-state index in [1.54, 1.807) is 6.07 Å². The lowest BCUT2D eigenvalue weighted by atomic mass is 10.0. The molecule has 0 aliphatic rings. The highest BCUT2D eigenvalue weighted by Gasteiger charge is 2.15. The molecule has 1 heterocycles. The molecule has 0 aliphatic carbocycles. The van der Waals surface area contributed by atoms with E-state index in [1.807, 2.05) is 25.1 Å². The second kappa shape index (κ2) is 7.79. The number of benzene rings is 2. The van der Waals surface area contributed by atoms with E-state index in [0.717, 1.165) is 33.5 Å². The predicted molar refractivity (Wildman–Crippen MR) is 100 cm³/mol. The molecule has 1 amide bonds. The number of methoxy groups -OCH3 is 1. The molecule has 0 spiro atoms. The quantitative estimate of drug-likeness (QED) is 0.655. The Bertz CT molecular complexity index is 981. The van der Waals surface area contributed by atoms with Crippen LogP contribution in [-0.2, 0) is 11.3 Å². The number of rotatable bonds is 4. The second-order valence-corrected chi connectivity index (χ2v) is 6.41. The summed E-state index contributed by atoms with van der Waals surface area (Å²) in [6, 6.07) is 9.53. The van der Waals surface area contributed by atoms with Crippen molar-refractivity contribution >= 4 is 18.7 Å². The van der Waals surface area contributed by atoms with E-state index in [2.05, 4.69) is 27.8 Å². The number of aromatic nitrogens is 2. The average Bonchev–Trinajstić information content (AvgIpc) is 3.09. The number of aryl methyl sites for hydroxylation is 1. The van der Waals surface area contributed by atoms with Gasteiger partial charge < -0.3 is 10.1 Å². The molecule has 0 bridgehead atoms.